The highest BCUT2D eigenvalue weighted by molar-refractivity contribution is 7.92. The molecule has 34 heavy (non-hydrogen) atoms. The Balaban J connectivity index is 1.71. The van der Waals surface area contributed by atoms with Gasteiger partial charge < -0.3 is 15.4 Å². The first-order valence-corrected chi connectivity index (χ1v) is 12.5. The zero-order chi connectivity index (χ0) is 23.9. The van der Waals surface area contributed by atoms with E-state index in [0.717, 1.165) is 16.7 Å². The van der Waals surface area contributed by atoms with Gasteiger partial charge in [0.2, 0.25) is 11.8 Å². The molecule has 4 bridgehead atoms. The third-order valence-electron chi connectivity index (χ3n) is 6.12. The first-order valence-electron chi connectivity index (χ1n) is 11.1. The van der Waals surface area contributed by atoms with Gasteiger partial charge in [-0.25, -0.2) is 18.1 Å². The van der Waals surface area contributed by atoms with E-state index < -0.39 is 21.7 Å². The minimum absolute atomic E-state index is 0.0522. The zero-order valence-corrected chi connectivity index (χ0v) is 19.7. The number of benzene rings is 2. The number of aryl methyl sites for hydroxylation is 2. The summed E-state index contributed by atoms with van der Waals surface area (Å²) in [5.74, 6) is -0.336. The first-order chi connectivity index (χ1) is 16.2. The number of ether oxygens (including phenoxy) is 1. The molecule has 3 N–H and O–H groups in total. The van der Waals surface area contributed by atoms with Crippen LogP contribution in [0.25, 0.3) is 11.3 Å². The predicted molar refractivity (Wildman–Crippen MR) is 127 cm³/mol. The van der Waals surface area contributed by atoms with Gasteiger partial charge in [0.05, 0.1) is 10.6 Å². The number of nitrogens with zero attached hydrogens (tertiary/aromatic N) is 2. The third kappa shape index (κ3) is 4.22. The van der Waals surface area contributed by atoms with Crippen LogP contribution in [-0.4, -0.2) is 43.1 Å². The molecule has 0 radical (unpaired) electrons. The Morgan fingerprint density at radius 2 is 1.68 bits per heavy atom. The van der Waals surface area contributed by atoms with Crippen LogP contribution in [0, 0.1) is 13.8 Å². The number of amides is 1. The lowest BCUT2D eigenvalue weighted by atomic mass is 9.99. The molecule has 0 atom stereocenters. The fourth-order valence-electron chi connectivity index (χ4n) is 4.42. The van der Waals surface area contributed by atoms with Gasteiger partial charge >= 0.3 is 0 Å². The van der Waals surface area contributed by atoms with E-state index in [1.165, 1.54) is 18.2 Å². The molecule has 3 aromatic rings. The number of anilines is 1. The monoisotopic (exact) mass is 479 g/mol. The number of carbonyl (C=O) groups excluding carboxylic acids is 1. The molecule has 9 nitrogen and oxygen atoms in total. The Morgan fingerprint density at radius 3 is 2.41 bits per heavy atom. The lowest BCUT2D eigenvalue weighted by Crippen LogP contribution is -2.58. The molecule has 0 aliphatic carbocycles. The number of aromatic nitrogens is 2. The molecule has 0 saturated carbocycles. The summed E-state index contributed by atoms with van der Waals surface area (Å²) in [4.78, 5) is 22.0. The van der Waals surface area contributed by atoms with Gasteiger partial charge in [-0.15, -0.1) is 0 Å². The second-order valence-electron chi connectivity index (χ2n) is 8.62. The molecule has 1 fully saturated rings. The summed E-state index contributed by atoms with van der Waals surface area (Å²) < 4.78 is 35.0. The number of nitrogens with one attached hydrogen (secondary N) is 3. The van der Waals surface area contributed by atoms with Crippen molar-refractivity contribution in [3.63, 3.8) is 0 Å². The molecule has 1 saturated heterocycles. The van der Waals surface area contributed by atoms with Crippen LogP contribution in [0.4, 0.5) is 5.95 Å². The average Bonchev–Trinajstić information content (AvgIpc) is 2.78. The third-order valence-corrected chi connectivity index (χ3v) is 7.45. The van der Waals surface area contributed by atoms with Gasteiger partial charge in [0.1, 0.15) is 0 Å². The van der Waals surface area contributed by atoms with Crippen LogP contribution in [0.2, 0.25) is 0 Å². The van der Waals surface area contributed by atoms with E-state index in [0.29, 0.717) is 31.6 Å². The average molecular weight is 480 g/mol. The summed E-state index contributed by atoms with van der Waals surface area (Å²) in [5.41, 5.74) is 2.59. The SMILES string of the molecule is Cc1cccc(C)c1-c1cc2nc(n1)NS(=O)(=O)c1cccc(c1)C(=O)NC1(CCNCC1)O2. The molecule has 1 spiro atoms. The van der Waals surface area contributed by atoms with E-state index in [1.807, 2.05) is 32.0 Å². The number of sulfonamides is 1. The van der Waals surface area contributed by atoms with Crippen LogP contribution in [0.15, 0.2) is 53.4 Å². The smallest absolute Gasteiger partial charge is 0.264 e. The molecule has 0 unspecified atom stereocenters. The van der Waals surface area contributed by atoms with E-state index in [9.17, 15) is 13.2 Å². The summed E-state index contributed by atoms with van der Waals surface area (Å²) >= 11 is 0. The molecule has 176 valence electrons. The van der Waals surface area contributed by atoms with Crippen LogP contribution in [-0.2, 0) is 10.0 Å². The second-order valence-corrected chi connectivity index (χ2v) is 10.3. The lowest BCUT2D eigenvalue weighted by molar-refractivity contribution is 0.00272. The normalized spacial score (nSPS) is 18.6. The lowest BCUT2D eigenvalue weighted by Gasteiger charge is -2.38. The van der Waals surface area contributed by atoms with Gasteiger partial charge in [-0.05, 0) is 43.2 Å². The van der Waals surface area contributed by atoms with Crippen molar-refractivity contribution in [2.75, 3.05) is 17.8 Å². The molecule has 2 aliphatic heterocycles. The van der Waals surface area contributed by atoms with Crippen LogP contribution in [0.3, 0.4) is 0 Å². The molecule has 3 heterocycles. The van der Waals surface area contributed by atoms with Gasteiger partial charge in [-0.2, -0.15) is 4.98 Å². The number of rotatable bonds is 1. The summed E-state index contributed by atoms with van der Waals surface area (Å²) in [6, 6.07) is 13.4. The molecule has 1 aromatic heterocycles. The van der Waals surface area contributed by atoms with Gasteiger partial charge in [0.15, 0.2) is 5.72 Å². The van der Waals surface area contributed by atoms with Gasteiger partial charge in [0.25, 0.3) is 15.9 Å². The highest BCUT2D eigenvalue weighted by Gasteiger charge is 2.37. The van der Waals surface area contributed by atoms with Crippen molar-refractivity contribution in [2.24, 2.45) is 0 Å². The van der Waals surface area contributed by atoms with E-state index in [4.69, 9.17) is 4.74 Å². The van der Waals surface area contributed by atoms with Gasteiger partial charge in [-0.1, -0.05) is 24.3 Å². The minimum Gasteiger partial charge on any atom is -0.451 e. The van der Waals surface area contributed by atoms with Crippen LogP contribution in [0.5, 0.6) is 5.88 Å². The fourth-order valence-corrected chi connectivity index (χ4v) is 5.40. The van der Waals surface area contributed by atoms with Crippen molar-refractivity contribution in [2.45, 2.75) is 37.3 Å². The fraction of sp³-hybridized carbons (Fsp3) is 0.292. The van der Waals surface area contributed by atoms with Crippen molar-refractivity contribution >= 4 is 21.9 Å². The Hall–Kier alpha value is -3.50. The first kappa shape index (κ1) is 22.3. The van der Waals surface area contributed by atoms with Gasteiger partial charge in [0, 0.05) is 43.1 Å². The Bertz CT molecular complexity index is 1360. The largest absolute Gasteiger partial charge is 0.451 e. The number of carbonyl (C=O) groups is 1. The maximum Gasteiger partial charge on any atom is 0.264 e. The summed E-state index contributed by atoms with van der Waals surface area (Å²) in [5, 5.41) is 6.28. The van der Waals surface area contributed by atoms with Crippen LogP contribution >= 0.6 is 0 Å². The zero-order valence-electron chi connectivity index (χ0n) is 18.9. The predicted octanol–water partition coefficient (Wildman–Crippen LogP) is 2.76. The van der Waals surface area contributed by atoms with E-state index in [2.05, 4.69) is 25.3 Å². The van der Waals surface area contributed by atoms with E-state index >= 15 is 0 Å². The topological polar surface area (TPSA) is 122 Å². The molecular weight excluding hydrogens is 454 g/mol. The molecule has 10 heteroatoms. The minimum atomic E-state index is -4.04. The summed E-state index contributed by atoms with van der Waals surface area (Å²) in [6.07, 6.45) is 1.03. The van der Waals surface area contributed by atoms with Gasteiger partial charge in [-0.3, -0.25) is 4.79 Å². The summed E-state index contributed by atoms with van der Waals surface area (Å²) in [7, 11) is -4.04. The van der Waals surface area contributed by atoms with E-state index in [1.54, 1.807) is 12.1 Å². The van der Waals surface area contributed by atoms with Crippen molar-refractivity contribution in [3.05, 3.63) is 65.2 Å². The Labute approximate surface area is 198 Å². The summed E-state index contributed by atoms with van der Waals surface area (Å²) in [6.45, 7) is 5.23. The van der Waals surface area contributed by atoms with Crippen molar-refractivity contribution in [3.8, 4) is 17.1 Å². The molecule has 2 aliphatic rings. The van der Waals surface area contributed by atoms with Crippen molar-refractivity contribution in [1.29, 1.82) is 0 Å². The highest BCUT2D eigenvalue weighted by atomic mass is 32.2. The maximum absolute atomic E-state index is 13.1. The highest BCUT2D eigenvalue weighted by Crippen LogP contribution is 2.32. The Kier molecular flexibility index (Phi) is 5.49. The van der Waals surface area contributed by atoms with Crippen molar-refractivity contribution in [1.82, 2.24) is 20.6 Å². The number of fused-ring (bicyclic) bond motifs is 4. The standard InChI is InChI=1S/C24H25N5O4S/c1-15-5-3-6-16(2)21(15)19-14-20-27-23(26-19)29-34(31,32)18-8-4-7-17(13-18)22(30)28-24(33-20)9-11-25-12-10-24/h3-8,13-14,25H,9-12H2,1-2H3,(H,28,30)(H,26,27,29). The number of hydrogen-bond acceptors (Lipinski definition) is 7. The molecular formula is C24H25N5O4S. The number of piperidine rings is 1. The quantitative estimate of drug-likeness (QED) is 0.491. The molecule has 2 aromatic carbocycles. The van der Waals surface area contributed by atoms with Crippen molar-refractivity contribution < 1.29 is 17.9 Å². The number of hydrogen-bond donors (Lipinski definition) is 3. The second kappa shape index (κ2) is 8.37. The Morgan fingerprint density at radius 1 is 0.971 bits per heavy atom. The molecule has 5 rings (SSSR count). The van der Waals surface area contributed by atoms with E-state index in [-0.39, 0.29) is 22.3 Å². The van der Waals surface area contributed by atoms with Crippen LogP contribution in [0.1, 0.15) is 34.3 Å². The maximum atomic E-state index is 13.1. The van der Waals surface area contributed by atoms with Crippen LogP contribution < -0.4 is 20.1 Å². The molecule has 1 amide bonds.